The number of hydrogen-bond donors (Lipinski definition) is 3. The van der Waals surface area contributed by atoms with Gasteiger partial charge in [-0.25, -0.2) is 0 Å². The molecule has 1 aliphatic carbocycles. The number of carboxylic acids is 1. The van der Waals surface area contributed by atoms with E-state index in [1.54, 1.807) is 6.92 Å². The van der Waals surface area contributed by atoms with Crippen LogP contribution in [0.2, 0.25) is 0 Å². The Morgan fingerprint density at radius 1 is 1.22 bits per heavy atom. The summed E-state index contributed by atoms with van der Waals surface area (Å²) in [6.07, 6.45) is 2.38. The van der Waals surface area contributed by atoms with Gasteiger partial charge < -0.3 is 16.2 Å². The minimum atomic E-state index is -0.782. The predicted molar refractivity (Wildman–Crippen MR) is 64.5 cm³/mol. The second-order valence-electron chi connectivity index (χ2n) is 4.97. The molecule has 0 aromatic carbocycles. The molecule has 2 amide bonds. The fourth-order valence-corrected chi connectivity index (χ4v) is 2.32. The van der Waals surface area contributed by atoms with Crippen molar-refractivity contribution in [3.8, 4) is 0 Å². The highest BCUT2D eigenvalue weighted by Gasteiger charge is 2.30. The van der Waals surface area contributed by atoms with E-state index >= 15 is 0 Å². The second-order valence-corrected chi connectivity index (χ2v) is 4.97. The average Bonchev–Trinajstić information content (AvgIpc) is 2.27. The van der Waals surface area contributed by atoms with E-state index in [9.17, 15) is 14.4 Å². The van der Waals surface area contributed by atoms with Crippen molar-refractivity contribution in [2.45, 2.75) is 45.1 Å². The fraction of sp³-hybridized carbons (Fsp3) is 0.750. The lowest BCUT2D eigenvalue weighted by Gasteiger charge is -2.26. The number of carbonyl (C=O) groups excluding carboxylic acids is 2. The van der Waals surface area contributed by atoms with Crippen molar-refractivity contribution in [1.82, 2.24) is 5.32 Å². The number of nitrogens with one attached hydrogen (secondary N) is 1. The number of carbonyl (C=O) groups is 3. The van der Waals surface area contributed by atoms with Crippen LogP contribution in [0.25, 0.3) is 0 Å². The summed E-state index contributed by atoms with van der Waals surface area (Å²) in [6.45, 7) is 1.73. The largest absolute Gasteiger partial charge is 0.481 e. The summed E-state index contributed by atoms with van der Waals surface area (Å²) in [7, 11) is 0. The van der Waals surface area contributed by atoms with Crippen LogP contribution in [-0.4, -0.2) is 28.9 Å². The lowest BCUT2D eigenvalue weighted by molar-refractivity contribution is -0.144. The second kappa shape index (κ2) is 6.37. The minimum absolute atomic E-state index is 0.104. The molecular weight excluding hydrogens is 236 g/mol. The van der Waals surface area contributed by atoms with E-state index in [-0.39, 0.29) is 30.2 Å². The van der Waals surface area contributed by atoms with Gasteiger partial charge >= 0.3 is 5.97 Å². The van der Waals surface area contributed by atoms with Crippen molar-refractivity contribution in [3.05, 3.63) is 0 Å². The molecule has 1 atom stereocenters. The molecule has 1 unspecified atom stereocenters. The van der Waals surface area contributed by atoms with Crippen LogP contribution in [-0.2, 0) is 14.4 Å². The van der Waals surface area contributed by atoms with Crippen LogP contribution in [0.1, 0.15) is 39.0 Å². The SMILES string of the molecule is CC(CC(N)=O)NC(=O)C1CCC(C(=O)O)CC1. The number of aliphatic carboxylic acids is 1. The molecule has 18 heavy (non-hydrogen) atoms. The summed E-state index contributed by atoms with van der Waals surface area (Å²) in [5, 5.41) is 11.6. The van der Waals surface area contributed by atoms with Crippen LogP contribution in [0.4, 0.5) is 0 Å². The van der Waals surface area contributed by atoms with Crippen LogP contribution < -0.4 is 11.1 Å². The Bertz CT molecular complexity index is 335. The molecule has 0 spiro atoms. The van der Waals surface area contributed by atoms with Gasteiger partial charge in [0.15, 0.2) is 0 Å². The standard InChI is InChI=1S/C12H20N2O4/c1-7(6-10(13)15)14-11(16)8-2-4-9(5-3-8)12(17)18/h7-9H,2-6H2,1H3,(H2,13,15)(H,14,16)(H,17,18). The first kappa shape index (κ1) is 14.5. The van der Waals surface area contributed by atoms with Gasteiger partial charge in [-0.3, -0.25) is 14.4 Å². The average molecular weight is 256 g/mol. The monoisotopic (exact) mass is 256 g/mol. The molecule has 102 valence electrons. The number of hydrogen-bond acceptors (Lipinski definition) is 3. The molecule has 0 saturated heterocycles. The van der Waals surface area contributed by atoms with E-state index in [0.717, 1.165) is 0 Å². The van der Waals surface area contributed by atoms with Crippen molar-refractivity contribution in [2.24, 2.45) is 17.6 Å². The molecule has 0 radical (unpaired) electrons. The highest BCUT2D eigenvalue weighted by molar-refractivity contribution is 5.81. The van der Waals surface area contributed by atoms with Gasteiger partial charge in [0.1, 0.15) is 0 Å². The molecule has 1 saturated carbocycles. The number of amides is 2. The Kier molecular flexibility index (Phi) is 5.12. The van der Waals surface area contributed by atoms with Gasteiger partial charge in [0.05, 0.1) is 5.92 Å². The maximum atomic E-state index is 11.9. The van der Waals surface area contributed by atoms with Gasteiger partial charge in [-0.15, -0.1) is 0 Å². The zero-order valence-electron chi connectivity index (χ0n) is 10.5. The number of rotatable bonds is 5. The van der Waals surface area contributed by atoms with Gasteiger partial charge in [-0.2, -0.15) is 0 Å². The fourth-order valence-electron chi connectivity index (χ4n) is 2.32. The quantitative estimate of drug-likeness (QED) is 0.655. The highest BCUT2D eigenvalue weighted by atomic mass is 16.4. The van der Waals surface area contributed by atoms with Crippen molar-refractivity contribution in [1.29, 1.82) is 0 Å². The van der Waals surface area contributed by atoms with Crippen molar-refractivity contribution in [3.63, 3.8) is 0 Å². The molecule has 6 nitrogen and oxygen atoms in total. The van der Waals surface area contributed by atoms with Crippen LogP contribution >= 0.6 is 0 Å². The third kappa shape index (κ3) is 4.35. The maximum Gasteiger partial charge on any atom is 0.306 e. The summed E-state index contributed by atoms with van der Waals surface area (Å²) in [5.74, 6) is -1.80. The zero-order valence-corrected chi connectivity index (χ0v) is 10.5. The van der Waals surface area contributed by atoms with Crippen LogP contribution in [0.5, 0.6) is 0 Å². The molecule has 0 aromatic heterocycles. The normalized spacial score (nSPS) is 25.2. The lowest BCUT2D eigenvalue weighted by atomic mass is 9.81. The van der Waals surface area contributed by atoms with Crippen LogP contribution in [0.3, 0.4) is 0 Å². The van der Waals surface area contributed by atoms with Crippen molar-refractivity contribution >= 4 is 17.8 Å². The van der Waals surface area contributed by atoms with E-state index in [2.05, 4.69) is 5.32 Å². The maximum absolute atomic E-state index is 11.9. The number of nitrogens with two attached hydrogens (primary N) is 1. The zero-order chi connectivity index (χ0) is 13.7. The first-order valence-corrected chi connectivity index (χ1v) is 6.21. The third-order valence-electron chi connectivity index (χ3n) is 3.34. The Morgan fingerprint density at radius 2 is 1.72 bits per heavy atom. The Hall–Kier alpha value is -1.59. The van der Waals surface area contributed by atoms with E-state index < -0.39 is 11.9 Å². The Balaban J connectivity index is 2.36. The molecule has 4 N–H and O–H groups in total. The first-order valence-electron chi connectivity index (χ1n) is 6.21. The minimum Gasteiger partial charge on any atom is -0.481 e. The van der Waals surface area contributed by atoms with Gasteiger partial charge in [-0.1, -0.05) is 0 Å². The highest BCUT2D eigenvalue weighted by Crippen LogP contribution is 2.29. The van der Waals surface area contributed by atoms with Crippen molar-refractivity contribution < 1.29 is 19.5 Å². The van der Waals surface area contributed by atoms with Gasteiger partial charge in [-0.05, 0) is 32.6 Å². The van der Waals surface area contributed by atoms with E-state index in [1.807, 2.05) is 0 Å². The summed E-state index contributed by atoms with van der Waals surface area (Å²) in [5.41, 5.74) is 5.04. The van der Waals surface area contributed by atoms with Crippen LogP contribution in [0.15, 0.2) is 0 Å². The molecule has 0 bridgehead atoms. The molecule has 1 aliphatic rings. The lowest BCUT2D eigenvalue weighted by Crippen LogP contribution is -2.40. The van der Waals surface area contributed by atoms with Gasteiger partial charge in [0, 0.05) is 18.4 Å². The summed E-state index contributed by atoms with van der Waals surface area (Å²) in [6, 6.07) is -0.271. The molecule has 0 heterocycles. The molecule has 1 rings (SSSR count). The molecular formula is C12H20N2O4. The smallest absolute Gasteiger partial charge is 0.306 e. The molecule has 1 fully saturated rings. The molecule has 0 aliphatic heterocycles. The number of primary amides is 1. The van der Waals surface area contributed by atoms with Crippen molar-refractivity contribution in [2.75, 3.05) is 0 Å². The Labute approximate surface area is 106 Å². The van der Waals surface area contributed by atoms with E-state index in [0.29, 0.717) is 25.7 Å². The Morgan fingerprint density at radius 3 is 2.17 bits per heavy atom. The summed E-state index contributed by atoms with van der Waals surface area (Å²) in [4.78, 5) is 33.3. The summed E-state index contributed by atoms with van der Waals surface area (Å²) < 4.78 is 0. The first-order chi connectivity index (χ1) is 8.40. The molecule has 0 aromatic rings. The van der Waals surface area contributed by atoms with Gasteiger partial charge in [0.25, 0.3) is 0 Å². The molecule has 6 heteroatoms. The van der Waals surface area contributed by atoms with E-state index in [1.165, 1.54) is 0 Å². The number of carboxylic acid groups (broad SMARTS) is 1. The van der Waals surface area contributed by atoms with E-state index in [4.69, 9.17) is 10.8 Å². The third-order valence-corrected chi connectivity index (χ3v) is 3.34. The summed E-state index contributed by atoms with van der Waals surface area (Å²) >= 11 is 0. The van der Waals surface area contributed by atoms with Crippen LogP contribution in [0, 0.1) is 11.8 Å². The predicted octanol–water partition coefficient (Wildman–Crippen LogP) is 0.257. The topological polar surface area (TPSA) is 109 Å². The van der Waals surface area contributed by atoms with Gasteiger partial charge in [0.2, 0.25) is 11.8 Å².